The van der Waals surface area contributed by atoms with Crippen LogP contribution in [0.2, 0.25) is 0 Å². The van der Waals surface area contributed by atoms with Crippen LogP contribution in [0.5, 0.6) is 0 Å². The van der Waals surface area contributed by atoms with Gasteiger partial charge in [-0.3, -0.25) is 10.3 Å². The smallest absolute Gasteiger partial charge is 0.321 e. The maximum Gasteiger partial charge on any atom is 0.321 e. The number of anilines is 1. The predicted molar refractivity (Wildman–Crippen MR) is 151 cm³/mol. The number of nitrogens with zero attached hydrogens (tertiary/aromatic N) is 3. The molecule has 37 heavy (non-hydrogen) atoms. The number of aromatic amines is 1. The highest BCUT2D eigenvalue weighted by molar-refractivity contribution is 6.09. The number of nitrogens with two attached hydrogens (primary N) is 1. The van der Waals surface area contributed by atoms with Crippen LogP contribution in [0.25, 0.3) is 22.2 Å². The zero-order valence-corrected chi connectivity index (χ0v) is 21.9. The molecular weight excluding hydrogens is 466 g/mol. The number of carbonyl (C=O) groups excluding carboxylic acids is 1. The number of methoxy groups -OCH3 is 1. The molecule has 1 aromatic carbocycles. The molecule has 0 spiro atoms. The van der Waals surface area contributed by atoms with Crippen molar-refractivity contribution in [2.24, 2.45) is 10.7 Å². The summed E-state index contributed by atoms with van der Waals surface area (Å²) in [6.07, 6.45) is 12.2. The van der Waals surface area contributed by atoms with Gasteiger partial charge in [0.25, 0.3) is 0 Å². The number of amides is 2. The first kappa shape index (κ1) is 27.6. The maximum atomic E-state index is 12.0. The first-order valence-electron chi connectivity index (χ1n) is 12.7. The Kier molecular flexibility index (Phi) is 10.4. The van der Waals surface area contributed by atoms with E-state index in [2.05, 4.69) is 56.2 Å². The molecule has 1 atom stereocenters. The quantitative estimate of drug-likeness (QED) is 0.143. The SMILES string of the molecule is C=C/C=C\N=C(N)c1cc(-c2ccc(CCC[C@@H](CCC)OC)nc2)cc2[nH]c(NC(=O)NCC)nc12. The first-order valence-corrected chi connectivity index (χ1v) is 12.7. The molecule has 2 heterocycles. The Bertz CT molecular complexity index is 1250. The Morgan fingerprint density at radius 3 is 2.78 bits per heavy atom. The summed E-state index contributed by atoms with van der Waals surface area (Å²) < 4.78 is 5.55. The van der Waals surface area contributed by atoms with E-state index in [1.165, 1.54) is 0 Å². The summed E-state index contributed by atoms with van der Waals surface area (Å²) >= 11 is 0. The highest BCUT2D eigenvalue weighted by atomic mass is 16.5. The van der Waals surface area contributed by atoms with Crippen molar-refractivity contribution in [1.82, 2.24) is 20.3 Å². The second-order valence-electron chi connectivity index (χ2n) is 8.66. The van der Waals surface area contributed by atoms with E-state index in [1.54, 1.807) is 25.5 Å². The van der Waals surface area contributed by atoms with Crippen LogP contribution in [0.3, 0.4) is 0 Å². The van der Waals surface area contributed by atoms with E-state index in [0.29, 0.717) is 35.5 Å². The number of aryl methyl sites for hydroxylation is 1. The molecule has 5 N–H and O–H groups in total. The molecule has 0 saturated heterocycles. The van der Waals surface area contributed by atoms with Crippen molar-refractivity contribution >= 4 is 28.8 Å². The van der Waals surface area contributed by atoms with Crippen LogP contribution in [0.15, 0.2) is 60.4 Å². The van der Waals surface area contributed by atoms with Crippen LogP contribution < -0.4 is 16.4 Å². The molecule has 2 amide bonds. The van der Waals surface area contributed by atoms with Gasteiger partial charge >= 0.3 is 6.03 Å². The number of rotatable bonds is 13. The number of hydrogen-bond acceptors (Lipinski definition) is 5. The number of nitrogens with one attached hydrogen (secondary N) is 3. The van der Waals surface area contributed by atoms with Gasteiger partial charge in [-0.1, -0.05) is 32.1 Å². The van der Waals surface area contributed by atoms with Crippen LogP contribution in [0.1, 0.15) is 50.8 Å². The predicted octanol–water partition coefficient (Wildman–Crippen LogP) is 5.31. The number of pyridine rings is 1. The fourth-order valence-electron chi connectivity index (χ4n) is 4.06. The molecule has 3 aromatic rings. The van der Waals surface area contributed by atoms with Crippen LogP contribution >= 0.6 is 0 Å². The van der Waals surface area contributed by atoms with Gasteiger partial charge in [-0.25, -0.2) is 14.8 Å². The Balaban J connectivity index is 1.88. The minimum absolute atomic E-state index is 0.297. The second kappa shape index (κ2) is 13.9. The number of benzene rings is 1. The van der Waals surface area contributed by atoms with Gasteiger partial charge in [0.2, 0.25) is 5.95 Å². The van der Waals surface area contributed by atoms with E-state index in [0.717, 1.165) is 54.4 Å². The molecule has 0 aliphatic rings. The van der Waals surface area contributed by atoms with E-state index in [1.807, 2.05) is 25.3 Å². The van der Waals surface area contributed by atoms with Gasteiger partial charge in [-0.2, -0.15) is 0 Å². The van der Waals surface area contributed by atoms with Crippen LogP contribution in [-0.4, -0.2) is 46.6 Å². The summed E-state index contributed by atoms with van der Waals surface area (Å²) in [6, 6.07) is 7.67. The number of aromatic nitrogens is 3. The largest absolute Gasteiger partial charge is 0.383 e. The van der Waals surface area contributed by atoms with Crippen molar-refractivity contribution in [3.05, 3.63) is 66.7 Å². The average Bonchev–Trinajstić information content (AvgIpc) is 3.30. The van der Waals surface area contributed by atoms with Crippen molar-refractivity contribution < 1.29 is 9.53 Å². The Morgan fingerprint density at radius 2 is 2.11 bits per heavy atom. The minimum atomic E-state index is -0.342. The third-order valence-electron chi connectivity index (χ3n) is 5.93. The third-order valence-corrected chi connectivity index (χ3v) is 5.93. The normalized spacial score (nSPS) is 12.7. The van der Waals surface area contributed by atoms with Gasteiger partial charge in [-0.15, -0.1) is 0 Å². The molecule has 0 fully saturated rings. The number of hydrogen-bond donors (Lipinski definition) is 4. The first-order chi connectivity index (χ1) is 18.0. The third kappa shape index (κ3) is 7.75. The summed E-state index contributed by atoms with van der Waals surface area (Å²) in [6.45, 7) is 8.18. The Labute approximate surface area is 218 Å². The molecule has 0 saturated carbocycles. The monoisotopic (exact) mass is 503 g/mol. The molecule has 0 unspecified atom stereocenters. The number of allylic oxidation sites excluding steroid dienone is 2. The fourth-order valence-corrected chi connectivity index (χ4v) is 4.06. The lowest BCUT2D eigenvalue weighted by Gasteiger charge is -2.13. The van der Waals surface area contributed by atoms with Gasteiger partial charge < -0.3 is 20.8 Å². The second-order valence-corrected chi connectivity index (χ2v) is 8.66. The van der Waals surface area contributed by atoms with Gasteiger partial charge in [0, 0.05) is 42.9 Å². The molecule has 0 aliphatic heterocycles. The lowest BCUT2D eigenvalue weighted by molar-refractivity contribution is 0.0856. The van der Waals surface area contributed by atoms with E-state index >= 15 is 0 Å². The van der Waals surface area contributed by atoms with Gasteiger partial charge in [0.05, 0.1) is 11.6 Å². The summed E-state index contributed by atoms with van der Waals surface area (Å²) in [5.41, 5.74) is 11.2. The van der Waals surface area contributed by atoms with Crippen molar-refractivity contribution in [2.75, 3.05) is 19.0 Å². The molecule has 9 nitrogen and oxygen atoms in total. The van der Waals surface area contributed by atoms with Gasteiger partial charge in [0.1, 0.15) is 11.4 Å². The molecule has 2 aromatic heterocycles. The number of amidine groups is 1. The zero-order valence-electron chi connectivity index (χ0n) is 21.9. The lowest BCUT2D eigenvalue weighted by Crippen LogP contribution is -2.28. The molecular formula is C28H37N7O2. The molecule has 196 valence electrons. The number of aliphatic imine (C=N–C) groups is 1. The van der Waals surface area contributed by atoms with Gasteiger partial charge in [0.15, 0.2) is 0 Å². The van der Waals surface area contributed by atoms with E-state index in [4.69, 9.17) is 10.5 Å². The maximum absolute atomic E-state index is 12.0. The summed E-state index contributed by atoms with van der Waals surface area (Å²) in [5.74, 6) is 0.616. The Morgan fingerprint density at radius 1 is 1.27 bits per heavy atom. The molecule has 3 rings (SSSR count). The number of carbonyl (C=O) groups is 1. The van der Waals surface area contributed by atoms with Crippen molar-refractivity contribution in [2.45, 2.75) is 52.1 Å². The molecule has 0 aliphatic carbocycles. The van der Waals surface area contributed by atoms with Crippen molar-refractivity contribution in [3.63, 3.8) is 0 Å². The van der Waals surface area contributed by atoms with Crippen LogP contribution in [0, 0.1) is 0 Å². The highest BCUT2D eigenvalue weighted by Gasteiger charge is 2.15. The molecule has 0 bridgehead atoms. The number of ether oxygens (including phenoxy) is 1. The van der Waals surface area contributed by atoms with Crippen molar-refractivity contribution in [1.29, 1.82) is 0 Å². The number of imidazole rings is 1. The fraction of sp³-hybridized carbons (Fsp3) is 0.357. The topological polar surface area (TPSA) is 130 Å². The van der Waals surface area contributed by atoms with E-state index in [9.17, 15) is 4.79 Å². The molecule has 9 heteroatoms. The van der Waals surface area contributed by atoms with Crippen LogP contribution in [-0.2, 0) is 11.2 Å². The van der Waals surface area contributed by atoms with E-state index in [-0.39, 0.29) is 6.03 Å². The van der Waals surface area contributed by atoms with Crippen LogP contribution in [0.4, 0.5) is 10.7 Å². The highest BCUT2D eigenvalue weighted by Crippen LogP contribution is 2.28. The number of urea groups is 1. The zero-order chi connectivity index (χ0) is 26.6. The molecule has 0 radical (unpaired) electrons. The Hall–Kier alpha value is -3.98. The number of fused-ring (bicyclic) bond motifs is 1. The standard InChI is InChI=1S/C28H37N7O2/c1-5-8-15-31-26(29)23-16-20(17-24-25(23)34-27(33-24)35-28(36)30-7-3)19-13-14-21(32-18-19)11-9-12-22(37-4)10-6-2/h5,8,13-18,22H,1,6-7,9-12H2,2-4H3,(H2,29,31)(H3,30,33,34,35,36)/b15-8-/t22-/m1/s1. The summed E-state index contributed by atoms with van der Waals surface area (Å²) in [5, 5.41) is 5.40. The van der Waals surface area contributed by atoms with Gasteiger partial charge in [-0.05, 0) is 62.4 Å². The summed E-state index contributed by atoms with van der Waals surface area (Å²) in [7, 11) is 1.78. The number of H-pyrrole nitrogens is 1. The van der Waals surface area contributed by atoms with E-state index < -0.39 is 0 Å². The average molecular weight is 504 g/mol. The lowest BCUT2D eigenvalue weighted by atomic mass is 10.0. The summed E-state index contributed by atoms with van der Waals surface area (Å²) in [4.78, 5) is 28.7. The minimum Gasteiger partial charge on any atom is -0.383 e. The van der Waals surface area contributed by atoms with Crippen molar-refractivity contribution in [3.8, 4) is 11.1 Å².